The number of aliphatic hydroxyl groups is 1. The highest BCUT2D eigenvalue weighted by Crippen LogP contribution is 2.34. The number of likely N-dealkylation sites (tertiary alicyclic amines) is 1. The number of aromatic nitrogens is 3. The molecule has 1 atom stereocenters. The zero-order valence-corrected chi connectivity index (χ0v) is 22.3. The van der Waals surface area contributed by atoms with Crippen LogP contribution in [-0.2, 0) is 0 Å². The molecule has 0 radical (unpaired) electrons. The van der Waals surface area contributed by atoms with Gasteiger partial charge in [-0.25, -0.2) is 13.8 Å². The smallest absolute Gasteiger partial charge is 0.271 e. The lowest BCUT2D eigenvalue weighted by Crippen LogP contribution is -2.50. The molecule has 5 rings (SSSR count). The predicted octanol–water partition coefficient (Wildman–Crippen LogP) is 3.42. The first kappa shape index (κ1) is 26.9. The molecule has 0 bridgehead atoms. The van der Waals surface area contributed by atoms with Gasteiger partial charge in [-0.3, -0.25) is 14.3 Å². The van der Waals surface area contributed by atoms with Gasteiger partial charge in [0.15, 0.2) is 5.82 Å². The number of hydrogen-bond acceptors (Lipinski definition) is 7. The van der Waals surface area contributed by atoms with Crippen LogP contribution in [-0.4, -0.2) is 51.9 Å². The van der Waals surface area contributed by atoms with Crippen molar-refractivity contribution in [3.63, 3.8) is 0 Å². The van der Waals surface area contributed by atoms with E-state index in [1.165, 1.54) is 30.9 Å². The summed E-state index contributed by atoms with van der Waals surface area (Å²) in [6.45, 7) is 6.42. The van der Waals surface area contributed by atoms with Crippen LogP contribution in [0.15, 0.2) is 59.5 Å². The number of aryl methyl sites for hydroxylation is 1. The number of nitrogens with zero attached hydrogens (tertiary/aromatic N) is 4. The van der Waals surface area contributed by atoms with E-state index < -0.39 is 17.2 Å². The highest BCUT2D eigenvalue weighted by molar-refractivity contribution is 5.63. The standard InChI is InChI=1S/C30H28F2N4O4/c1-17-8-11-23(33-15-17)28-34-18(2)26(30(38)36(28)27-24(39-3)6-5-7-25(27)40-4)29(37)35-13-12-19(16-35)21-10-9-20(31)14-22(21)32/h5-11,14-15,19,37H,2,12-13,16H2,1,3-4H3. The van der Waals surface area contributed by atoms with Crippen LogP contribution in [0.1, 0.15) is 23.5 Å². The van der Waals surface area contributed by atoms with Crippen LogP contribution in [0.4, 0.5) is 8.78 Å². The lowest BCUT2D eigenvalue weighted by atomic mass is 9.98. The molecular formula is C30H28F2N4O4. The largest absolute Gasteiger partial charge is 0.494 e. The minimum Gasteiger partial charge on any atom is -0.494 e. The molecule has 0 saturated carbocycles. The molecule has 0 spiro atoms. The third kappa shape index (κ3) is 4.76. The molecule has 10 heteroatoms. The molecule has 1 fully saturated rings. The predicted molar refractivity (Wildman–Crippen MR) is 147 cm³/mol. The Kier molecular flexibility index (Phi) is 7.25. The first-order valence-electron chi connectivity index (χ1n) is 12.6. The maximum atomic E-state index is 14.5. The van der Waals surface area contributed by atoms with E-state index in [1.807, 2.05) is 13.0 Å². The number of para-hydroxylation sites is 1. The summed E-state index contributed by atoms with van der Waals surface area (Å²) in [4.78, 5) is 24.9. The number of ether oxygens (including phenoxy) is 2. The molecule has 4 aromatic rings. The van der Waals surface area contributed by atoms with Gasteiger partial charge in [0.05, 0.1) is 19.6 Å². The van der Waals surface area contributed by atoms with Crippen molar-refractivity contribution < 1.29 is 23.4 Å². The van der Waals surface area contributed by atoms with Crippen LogP contribution in [0.25, 0.3) is 29.7 Å². The van der Waals surface area contributed by atoms with Crippen LogP contribution in [0.2, 0.25) is 0 Å². The van der Waals surface area contributed by atoms with Gasteiger partial charge in [0, 0.05) is 31.3 Å². The molecule has 40 heavy (non-hydrogen) atoms. The second kappa shape index (κ2) is 10.8. The number of halogens is 2. The third-order valence-corrected chi connectivity index (χ3v) is 7.04. The van der Waals surface area contributed by atoms with E-state index in [0.717, 1.165) is 11.6 Å². The number of aliphatic hydroxyl groups excluding tert-OH is 1. The number of pyridine rings is 1. The molecule has 206 valence electrons. The van der Waals surface area contributed by atoms with Gasteiger partial charge in [0.25, 0.3) is 5.56 Å². The highest BCUT2D eigenvalue weighted by Gasteiger charge is 2.29. The minimum atomic E-state index is -0.659. The van der Waals surface area contributed by atoms with Crippen LogP contribution >= 0.6 is 0 Å². The van der Waals surface area contributed by atoms with Crippen molar-refractivity contribution in [2.24, 2.45) is 0 Å². The molecule has 1 aliphatic heterocycles. The first-order chi connectivity index (χ1) is 19.2. The monoisotopic (exact) mass is 546 g/mol. The van der Waals surface area contributed by atoms with Crippen LogP contribution in [0.5, 0.6) is 11.5 Å². The summed E-state index contributed by atoms with van der Waals surface area (Å²) >= 11 is 0. The quantitative estimate of drug-likeness (QED) is 0.397. The van der Waals surface area contributed by atoms with E-state index >= 15 is 0 Å². The summed E-state index contributed by atoms with van der Waals surface area (Å²) in [5.41, 5.74) is 1.34. The Hall–Kier alpha value is -4.73. The Morgan fingerprint density at radius 2 is 1.82 bits per heavy atom. The van der Waals surface area contributed by atoms with Crippen molar-refractivity contribution in [2.45, 2.75) is 19.3 Å². The zero-order valence-electron chi connectivity index (χ0n) is 22.3. The number of benzene rings is 2. The summed E-state index contributed by atoms with van der Waals surface area (Å²) in [7, 11) is 2.94. The lowest BCUT2D eigenvalue weighted by Gasteiger charge is -2.20. The minimum absolute atomic E-state index is 0.0430. The Labute approximate surface area is 229 Å². The van der Waals surface area contributed by atoms with E-state index in [0.29, 0.717) is 35.7 Å². The molecular weight excluding hydrogens is 518 g/mol. The Bertz CT molecular complexity index is 1730. The van der Waals surface area contributed by atoms with Gasteiger partial charge in [0.1, 0.15) is 39.7 Å². The normalized spacial score (nSPS) is 15.7. The molecule has 0 amide bonds. The fraction of sp³-hybridized carbons (Fsp3) is 0.233. The Morgan fingerprint density at radius 1 is 1.10 bits per heavy atom. The van der Waals surface area contributed by atoms with E-state index in [2.05, 4.69) is 16.5 Å². The van der Waals surface area contributed by atoms with Crippen LogP contribution in [0, 0.1) is 18.6 Å². The maximum Gasteiger partial charge on any atom is 0.271 e. The first-order valence-corrected chi connectivity index (χ1v) is 12.6. The Morgan fingerprint density at radius 3 is 2.45 bits per heavy atom. The van der Waals surface area contributed by atoms with Gasteiger partial charge in [-0.2, -0.15) is 0 Å². The molecule has 3 heterocycles. The molecule has 2 aromatic carbocycles. The van der Waals surface area contributed by atoms with Crippen molar-refractivity contribution in [1.29, 1.82) is 0 Å². The second-order valence-electron chi connectivity index (χ2n) is 9.55. The zero-order chi connectivity index (χ0) is 28.6. The highest BCUT2D eigenvalue weighted by atomic mass is 19.1. The van der Waals surface area contributed by atoms with Crippen molar-refractivity contribution in [3.8, 4) is 28.7 Å². The summed E-state index contributed by atoms with van der Waals surface area (Å²) in [6, 6.07) is 12.1. The molecule has 1 aliphatic rings. The number of hydrogen-bond donors (Lipinski definition) is 1. The summed E-state index contributed by atoms with van der Waals surface area (Å²) in [5.74, 6) is -1.09. The second-order valence-corrected chi connectivity index (χ2v) is 9.55. The van der Waals surface area contributed by atoms with Crippen molar-refractivity contribution in [1.82, 2.24) is 19.4 Å². The molecule has 1 N–H and O–H groups in total. The molecule has 0 aliphatic carbocycles. The SMILES string of the molecule is C=c1nc(-c2ccc(C)cn2)n(-c2c(OC)cccc2OC)c(=O)c1=C(O)N1CCC(c2ccc(F)cc2F)C1. The lowest BCUT2D eigenvalue weighted by molar-refractivity contribution is 0.321. The summed E-state index contributed by atoms with van der Waals surface area (Å²) in [5, 5.41) is 11.3. The van der Waals surface area contributed by atoms with Gasteiger partial charge in [-0.15, -0.1) is 0 Å². The van der Waals surface area contributed by atoms with E-state index in [1.54, 1.807) is 35.4 Å². The van der Waals surface area contributed by atoms with Crippen molar-refractivity contribution >= 4 is 12.5 Å². The van der Waals surface area contributed by atoms with Crippen LogP contribution in [0.3, 0.4) is 0 Å². The molecule has 1 unspecified atom stereocenters. The number of rotatable bonds is 6. The fourth-order valence-electron chi connectivity index (χ4n) is 5.02. The van der Waals surface area contributed by atoms with Crippen molar-refractivity contribution in [2.75, 3.05) is 27.3 Å². The van der Waals surface area contributed by atoms with E-state index in [4.69, 9.17) is 9.47 Å². The average Bonchev–Trinajstić information content (AvgIpc) is 3.43. The molecule has 8 nitrogen and oxygen atoms in total. The molecule has 1 saturated heterocycles. The van der Waals surface area contributed by atoms with Gasteiger partial charge in [-0.05, 0) is 48.7 Å². The van der Waals surface area contributed by atoms with Crippen molar-refractivity contribution in [3.05, 3.63) is 98.4 Å². The number of methoxy groups -OCH3 is 2. The van der Waals surface area contributed by atoms with Gasteiger partial charge < -0.3 is 19.5 Å². The van der Waals surface area contributed by atoms with Gasteiger partial charge in [0.2, 0.25) is 5.88 Å². The van der Waals surface area contributed by atoms with E-state index in [-0.39, 0.29) is 40.4 Å². The average molecular weight is 547 g/mol. The topological polar surface area (TPSA) is 89.7 Å². The summed E-state index contributed by atoms with van der Waals surface area (Å²) < 4.78 is 40.4. The fourth-order valence-corrected chi connectivity index (χ4v) is 5.02. The molecule has 2 aromatic heterocycles. The maximum absolute atomic E-state index is 14.5. The van der Waals surface area contributed by atoms with Gasteiger partial charge >= 0.3 is 0 Å². The van der Waals surface area contributed by atoms with Gasteiger partial charge in [-0.1, -0.05) is 24.8 Å². The summed E-state index contributed by atoms with van der Waals surface area (Å²) in [6.07, 6.45) is 2.15. The Balaban J connectivity index is 1.73. The third-order valence-electron chi connectivity index (χ3n) is 7.04. The van der Waals surface area contributed by atoms with E-state index in [9.17, 15) is 18.7 Å². The van der Waals surface area contributed by atoms with Crippen LogP contribution < -0.4 is 25.6 Å².